The van der Waals surface area contributed by atoms with Crippen LogP contribution in [0.25, 0.3) is 0 Å². The second-order valence-electron chi connectivity index (χ2n) is 20.2. The van der Waals surface area contributed by atoms with Crippen LogP contribution in [0.5, 0.6) is 0 Å². The largest absolute Gasteiger partial charge is 0.384 e. The van der Waals surface area contributed by atoms with E-state index in [0.29, 0.717) is 24.0 Å². The summed E-state index contributed by atoms with van der Waals surface area (Å²) in [5.74, 6) is 4.87. The van der Waals surface area contributed by atoms with Crippen molar-refractivity contribution in [3.8, 4) is 0 Å². The molecular formula is C46H94F2N4O2. The van der Waals surface area contributed by atoms with Crippen LogP contribution in [0.2, 0.25) is 0 Å². The van der Waals surface area contributed by atoms with E-state index >= 15 is 0 Å². The molecule has 8 atom stereocenters. The fourth-order valence-electron chi connectivity index (χ4n) is 10.1. The molecule has 4 fully saturated rings. The molecule has 6 nitrogen and oxygen atoms in total. The molecule has 0 radical (unpaired) electrons. The molecule has 4 rings (SSSR count). The van der Waals surface area contributed by atoms with Crippen LogP contribution in [0.1, 0.15) is 157 Å². The molecule has 4 aliphatic rings. The van der Waals surface area contributed by atoms with Gasteiger partial charge < -0.3 is 9.47 Å². The lowest BCUT2D eigenvalue weighted by Gasteiger charge is -2.34. The van der Waals surface area contributed by atoms with Crippen molar-refractivity contribution in [3.05, 3.63) is 0 Å². The van der Waals surface area contributed by atoms with Crippen LogP contribution in [-0.4, -0.2) is 121 Å². The van der Waals surface area contributed by atoms with Gasteiger partial charge in [-0.1, -0.05) is 62.3 Å². The minimum absolute atomic E-state index is 0.185. The van der Waals surface area contributed by atoms with Gasteiger partial charge in [0.25, 0.3) is 0 Å². The first-order valence-electron chi connectivity index (χ1n) is 22.5. The number of nitrogens with zero attached hydrogens (tertiary/aromatic N) is 4. The molecule has 0 spiro atoms. The van der Waals surface area contributed by atoms with Gasteiger partial charge in [-0.05, 0) is 136 Å². The summed E-state index contributed by atoms with van der Waals surface area (Å²) < 4.78 is 33.6. The van der Waals surface area contributed by atoms with Crippen molar-refractivity contribution in [1.29, 1.82) is 0 Å². The van der Waals surface area contributed by atoms with Crippen LogP contribution in [0.4, 0.5) is 8.78 Å². The Morgan fingerprint density at radius 2 is 0.889 bits per heavy atom. The van der Waals surface area contributed by atoms with Gasteiger partial charge in [0.05, 0.1) is 13.2 Å². The Bertz CT molecular complexity index is 905. The quantitative estimate of drug-likeness (QED) is 0.185. The Hall–Kier alpha value is -0.380. The number of likely N-dealkylation sites (tertiary alicyclic amines) is 4. The number of rotatable bonds is 13. The van der Waals surface area contributed by atoms with Crippen molar-refractivity contribution >= 4 is 0 Å². The summed E-state index contributed by atoms with van der Waals surface area (Å²) in [4.78, 5) is 10.4. The van der Waals surface area contributed by atoms with E-state index in [1.54, 1.807) is 0 Å². The molecule has 0 aliphatic carbocycles. The minimum atomic E-state index is -2.63. The van der Waals surface area contributed by atoms with E-state index in [2.05, 4.69) is 149 Å². The maximum atomic E-state index is 12.0. The van der Waals surface area contributed by atoms with Crippen molar-refractivity contribution in [2.45, 2.75) is 218 Å². The average Bonchev–Trinajstić information content (AvgIpc) is 3.85. The monoisotopic (exact) mass is 773 g/mol. The summed E-state index contributed by atoms with van der Waals surface area (Å²) in [7, 11) is 1.81. The highest BCUT2D eigenvalue weighted by Crippen LogP contribution is 2.33. The van der Waals surface area contributed by atoms with Gasteiger partial charge in [0.1, 0.15) is 0 Å². The lowest BCUT2D eigenvalue weighted by molar-refractivity contribution is -0.137. The minimum Gasteiger partial charge on any atom is -0.384 e. The summed E-state index contributed by atoms with van der Waals surface area (Å²) in [6.07, 6.45) is 6.47. The third-order valence-corrected chi connectivity index (χ3v) is 12.8. The molecular weight excluding hydrogens is 679 g/mol. The third kappa shape index (κ3) is 16.8. The predicted molar refractivity (Wildman–Crippen MR) is 230 cm³/mol. The SMILES string of the molecule is CC(C)[C@@H]1CC(COC(F)F)CN1C(C)C.CC(C)[C@@H]1CCC(C)N1C(C)C.CC1C[C@@H](C(C)C)N(C(C)C)C1.COCC1C[C@@H](C(C)C)N(C(C)C)C1. The van der Waals surface area contributed by atoms with Crippen LogP contribution < -0.4 is 0 Å². The lowest BCUT2D eigenvalue weighted by Crippen LogP contribution is -2.42. The highest BCUT2D eigenvalue weighted by molar-refractivity contribution is 4.91. The number of hydrogen-bond acceptors (Lipinski definition) is 6. The molecule has 4 aliphatic heterocycles. The third-order valence-electron chi connectivity index (χ3n) is 12.8. The number of ether oxygens (including phenoxy) is 2. The summed E-state index contributed by atoms with van der Waals surface area (Å²) in [6.45, 7) is 43.2. The van der Waals surface area contributed by atoms with Gasteiger partial charge in [0.2, 0.25) is 0 Å². The number of alkyl halides is 2. The zero-order valence-electron chi connectivity index (χ0n) is 39.2. The molecule has 54 heavy (non-hydrogen) atoms. The van der Waals surface area contributed by atoms with Gasteiger partial charge in [-0.15, -0.1) is 0 Å². The van der Waals surface area contributed by atoms with Gasteiger partial charge in [-0.25, -0.2) is 0 Å². The van der Waals surface area contributed by atoms with Crippen molar-refractivity contribution < 1.29 is 18.3 Å². The van der Waals surface area contributed by atoms with Gasteiger partial charge >= 0.3 is 6.61 Å². The second kappa shape index (κ2) is 25.2. The van der Waals surface area contributed by atoms with E-state index in [1.807, 2.05) is 7.11 Å². The molecule has 324 valence electrons. The van der Waals surface area contributed by atoms with E-state index in [-0.39, 0.29) is 12.5 Å². The van der Waals surface area contributed by atoms with Crippen molar-refractivity contribution in [3.63, 3.8) is 0 Å². The van der Waals surface area contributed by atoms with Crippen LogP contribution in [0.3, 0.4) is 0 Å². The van der Waals surface area contributed by atoms with Crippen LogP contribution in [0, 0.1) is 41.4 Å². The maximum Gasteiger partial charge on any atom is 0.345 e. The first-order valence-corrected chi connectivity index (χ1v) is 22.5. The molecule has 0 aromatic heterocycles. The first-order chi connectivity index (χ1) is 25.0. The molecule has 0 N–H and O–H groups in total. The lowest BCUT2D eigenvalue weighted by atomic mass is 9.97. The van der Waals surface area contributed by atoms with Crippen molar-refractivity contribution in [2.75, 3.05) is 40.0 Å². The van der Waals surface area contributed by atoms with Gasteiger partial charge in [-0.3, -0.25) is 19.6 Å². The molecule has 8 heteroatoms. The molecule has 0 aromatic carbocycles. The van der Waals surface area contributed by atoms with Crippen LogP contribution in [-0.2, 0) is 9.47 Å². The molecule has 0 amide bonds. The molecule has 4 unspecified atom stereocenters. The van der Waals surface area contributed by atoms with Crippen molar-refractivity contribution in [1.82, 2.24) is 19.6 Å². The van der Waals surface area contributed by atoms with E-state index in [9.17, 15) is 8.78 Å². The smallest absolute Gasteiger partial charge is 0.345 e. The highest BCUT2D eigenvalue weighted by Gasteiger charge is 2.37. The summed E-state index contributed by atoms with van der Waals surface area (Å²) in [6, 6.07) is 6.32. The Kier molecular flexibility index (Phi) is 24.1. The first kappa shape index (κ1) is 51.6. The van der Waals surface area contributed by atoms with Crippen LogP contribution in [0.15, 0.2) is 0 Å². The zero-order valence-corrected chi connectivity index (χ0v) is 39.2. The maximum absolute atomic E-state index is 12.0. The van der Waals surface area contributed by atoms with Gasteiger partial charge in [-0.2, -0.15) is 8.78 Å². The van der Waals surface area contributed by atoms with Gasteiger partial charge in [0, 0.05) is 81.1 Å². The molecule has 4 heterocycles. The van der Waals surface area contributed by atoms with Crippen LogP contribution >= 0.6 is 0 Å². The number of methoxy groups -OCH3 is 1. The van der Waals surface area contributed by atoms with E-state index in [1.165, 1.54) is 38.8 Å². The highest BCUT2D eigenvalue weighted by atomic mass is 19.3. The zero-order chi connectivity index (χ0) is 41.6. The van der Waals surface area contributed by atoms with Gasteiger partial charge in [0.15, 0.2) is 0 Å². The Balaban J connectivity index is 0.000000362. The summed E-state index contributed by atoms with van der Waals surface area (Å²) >= 11 is 0. The van der Waals surface area contributed by atoms with E-state index in [4.69, 9.17) is 4.74 Å². The molecule has 4 saturated heterocycles. The van der Waals surface area contributed by atoms with E-state index < -0.39 is 6.61 Å². The molecule has 0 aromatic rings. The molecule has 0 bridgehead atoms. The average molecular weight is 773 g/mol. The second-order valence-corrected chi connectivity index (χ2v) is 20.2. The summed E-state index contributed by atoms with van der Waals surface area (Å²) in [5, 5.41) is 0. The standard InChI is InChI=1S/C12H23F2NO.C12H25NO.2C11H23N/c1-8(2)11-5-10(7-16-12(13)14)6-15(11)9(3)4;1-9(2)12-6-11(8-14-5)7-13(12)10(3)4;1-8(2)11-6-10(5)7-12(11)9(3)4;1-8(2)11-7-6-10(5)12(11)9(3)4/h8-12H,5-7H2,1-4H3;9-12H,6-8H2,1-5H3;2*8-11H,6-7H2,1-5H3/t10?,11-;11?,12-;2*10?,11-/m0000/s1. The fraction of sp³-hybridized carbons (Fsp3) is 1.00. The predicted octanol–water partition coefficient (Wildman–Crippen LogP) is 11.0. The Labute approximate surface area is 336 Å². The Morgan fingerprint density at radius 1 is 0.500 bits per heavy atom. The summed E-state index contributed by atoms with van der Waals surface area (Å²) in [5.41, 5.74) is 0. The number of halogens is 2. The molecule has 0 saturated carbocycles. The normalized spacial score (nSPS) is 30.1. The fourth-order valence-corrected chi connectivity index (χ4v) is 10.1. The Morgan fingerprint density at radius 3 is 1.19 bits per heavy atom. The number of hydrogen-bond donors (Lipinski definition) is 0. The van der Waals surface area contributed by atoms with E-state index in [0.717, 1.165) is 85.4 Å². The van der Waals surface area contributed by atoms with Crippen molar-refractivity contribution in [2.24, 2.45) is 41.4 Å². The topological polar surface area (TPSA) is 31.4 Å².